The molecule has 172 valence electrons. The van der Waals surface area contributed by atoms with Crippen molar-refractivity contribution in [3.05, 3.63) is 69.8 Å². The normalized spacial score (nSPS) is 10.8. The third-order valence-corrected chi connectivity index (χ3v) is 7.08. The van der Waals surface area contributed by atoms with Crippen LogP contribution in [-0.4, -0.2) is 35.9 Å². The number of thioether (sulfide) groups is 1. The molecule has 1 amide bonds. The molecule has 0 unspecified atom stereocenters. The van der Waals surface area contributed by atoms with E-state index in [0.717, 1.165) is 38.2 Å². The van der Waals surface area contributed by atoms with Gasteiger partial charge in [0, 0.05) is 28.4 Å². The zero-order chi connectivity index (χ0) is 24.2. The van der Waals surface area contributed by atoms with Crippen LogP contribution in [0.5, 0.6) is 0 Å². The highest BCUT2D eigenvalue weighted by atomic mass is 32.2. The highest BCUT2D eigenvalue weighted by Gasteiger charge is 2.18. The maximum Gasteiger partial charge on any atom is 0.251 e. The number of amides is 1. The summed E-state index contributed by atoms with van der Waals surface area (Å²) in [7, 11) is 0. The van der Waals surface area contributed by atoms with Gasteiger partial charge in [-0.3, -0.25) is 4.79 Å². The molecule has 4 rings (SSSR count). The number of nitrogens with zero attached hydrogens (tertiary/aromatic N) is 7. The molecule has 4 aromatic rings. The Balaban J connectivity index is 1.39. The second kappa shape index (κ2) is 10.1. The lowest BCUT2D eigenvalue weighted by Gasteiger charge is -2.06. The Morgan fingerprint density at radius 2 is 1.82 bits per heavy atom. The molecule has 3 heterocycles. The van der Waals surface area contributed by atoms with Crippen molar-refractivity contribution in [2.45, 2.75) is 44.2 Å². The minimum atomic E-state index is -0.188. The molecule has 11 heteroatoms. The molecular weight excluding hydrogens is 468 g/mol. The molecule has 9 nitrogen and oxygen atoms in total. The van der Waals surface area contributed by atoms with Gasteiger partial charge >= 0.3 is 0 Å². The minimum absolute atomic E-state index is 0.162. The van der Waals surface area contributed by atoms with Gasteiger partial charge in [0.15, 0.2) is 4.34 Å². The number of carbonyl (C=O) groups is 1. The van der Waals surface area contributed by atoms with Crippen LogP contribution in [0.15, 0.2) is 34.7 Å². The molecule has 1 aromatic carbocycles. The van der Waals surface area contributed by atoms with E-state index in [1.54, 1.807) is 16.8 Å². The van der Waals surface area contributed by atoms with Crippen molar-refractivity contribution < 1.29 is 4.79 Å². The Morgan fingerprint density at radius 3 is 2.50 bits per heavy atom. The molecule has 0 radical (unpaired) electrons. The Hall–Kier alpha value is -3.62. The van der Waals surface area contributed by atoms with Crippen LogP contribution in [-0.2, 0) is 17.0 Å². The van der Waals surface area contributed by atoms with Crippen molar-refractivity contribution in [3.63, 3.8) is 0 Å². The number of aromatic nitrogens is 6. The van der Waals surface area contributed by atoms with Crippen LogP contribution in [0.4, 0.5) is 5.13 Å². The zero-order valence-corrected chi connectivity index (χ0v) is 20.8. The highest BCUT2D eigenvalue weighted by Crippen LogP contribution is 2.28. The maximum absolute atomic E-state index is 12.7. The molecule has 0 spiro atoms. The first-order chi connectivity index (χ1) is 16.3. The monoisotopic (exact) mass is 490 g/mol. The predicted octanol–water partition coefficient (Wildman–Crippen LogP) is 4.09. The third-order valence-electron chi connectivity index (χ3n) is 5.04. The number of benzene rings is 1. The number of anilines is 1. The summed E-state index contributed by atoms with van der Waals surface area (Å²) in [5, 5.41) is 25.0. The fourth-order valence-electron chi connectivity index (χ4n) is 3.39. The molecule has 0 saturated carbocycles. The van der Waals surface area contributed by atoms with Gasteiger partial charge in [-0.25, -0.2) is 14.6 Å². The largest absolute Gasteiger partial charge is 0.300 e. The molecule has 0 saturated heterocycles. The van der Waals surface area contributed by atoms with E-state index in [1.165, 1.54) is 23.1 Å². The van der Waals surface area contributed by atoms with Gasteiger partial charge < -0.3 is 5.32 Å². The van der Waals surface area contributed by atoms with Crippen molar-refractivity contribution in [2.24, 2.45) is 0 Å². The lowest BCUT2D eigenvalue weighted by Crippen LogP contribution is -2.15. The SMILES string of the molecule is Cc1cc(C)nc(-n2nc(C)c(CC(=O)Nc3nnc(SCc4ccc(C#N)cc4)s3)c2C)n1. The summed E-state index contributed by atoms with van der Waals surface area (Å²) in [6.45, 7) is 7.61. The van der Waals surface area contributed by atoms with Crippen molar-refractivity contribution in [3.8, 4) is 12.0 Å². The molecule has 0 aliphatic rings. The fourth-order valence-corrected chi connectivity index (χ4v) is 5.11. The van der Waals surface area contributed by atoms with Crippen LogP contribution < -0.4 is 5.32 Å². The van der Waals surface area contributed by atoms with E-state index >= 15 is 0 Å². The summed E-state index contributed by atoms with van der Waals surface area (Å²) >= 11 is 2.86. The molecule has 34 heavy (non-hydrogen) atoms. The number of aryl methyl sites for hydroxylation is 3. The van der Waals surface area contributed by atoms with Gasteiger partial charge in [0.05, 0.1) is 23.7 Å². The van der Waals surface area contributed by atoms with Crippen LogP contribution in [0, 0.1) is 39.0 Å². The van der Waals surface area contributed by atoms with Crippen LogP contribution in [0.2, 0.25) is 0 Å². The number of nitrogens with one attached hydrogen (secondary N) is 1. The van der Waals surface area contributed by atoms with E-state index in [0.29, 0.717) is 22.4 Å². The number of rotatable bonds is 7. The van der Waals surface area contributed by atoms with Gasteiger partial charge in [-0.1, -0.05) is 35.2 Å². The van der Waals surface area contributed by atoms with Crippen LogP contribution >= 0.6 is 23.1 Å². The molecule has 0 fully saturated rings. The summed E-state index contributed by atoms with van der Waals surface area (Å²) < 4.78 is 2.44. The first-order valence-corrected chi connectivity index (χ1v) is 12.3. The highest BCUT2D eigenvalue weighted by molar-refractivity contribution is 8.00. The Labute approximate surface area is 205 Å². The maximum atomic E-state index is 12.7. The lowest BCUT2D eigenvalue weighted by molar-refractivity contribution is -0.115. The van der Waals surface area contributed by atoms with Gasteiger partial charge in [0.1, 0.15) is 0 Å². The summed E-state index contributed by atoms with van der Waals surface area (Å²) in [6.07, 6.45) is 0.162. The van der Waals surface area contributed by atoms with E-state index in [2.05, 4.69) is 36.7 Å². The zero-order valence-electron chi connectivity index (χ0n) is 19.2. The Morgan fingerprint density at radius 1 is 1.12 bits per heavy atom. The average Bonchev–Trinajstić information content (AvgIpc) is 3.36. The van der Waals surface area contributed by atoms with E-state index in [1.807, 2.05) is 45.9 Å². The second-order valence-corrected chi connectivity index (χ2v) is 9.91. The Bertz CT molecular complexity index is 1360. The number of carbonyl (C=O) groups excluding carboxylic acids is 1. The van der Waals surface area contributed by atoms with Crippen LogP contribution in [0.3, 0.4) is 0 Å². The summed E-state index contributed by atoms with van der Waals surface area (Å²) in [4.78, 5) is 21.7. The quantitative estimate of drug-likeness (QED) is 0.304. The average molecular weight is 491 g/mol. The van der Waals surface area contributed by atoms with Gasteiger partial charge in [-0.05, 0) is 51.5 Å². The number of hydrogen-bond donors (Lipinski definition) is 1. The smallest absolute Gasteiger partial charge is 0.251 e. The first kappa shape index (κ1) is 23.5. The minimum Gasteiger partial charge on any atom is -0.300 e. The van der Waals surface area contributed by atoms with Crippen molar-refractivity contribution in [2.75, 3.05) is 5.32 Å². The van der Waals surface area contributed by atoms with Gasteiger partial charge in [-0.15, -0.1) is 10.2 Å². The van der Waals surface area contributed by atoms with E-state index in [-0.39, 0.29) is 12.3 Å². The Kier molecular flexibility index (Phi) is 7.00. The summed E-state index contributed by atoms with van der Waals surface area (Å²) in [6, 6.07) is 11.4. The summed E-state index contributed by atoms with van der Waals surface area (Å²) in [5.41, 5.74) is 5.85. The van der Waals surface area contributed by atoms with Crippen LogP contribution in [0.1, 0.15) is 39.5 Å². The van der Waals surface area contributed by atoms with Crippen molar-refractivity contribution in [1.82, 2.24) is 29.9 Å². The van der Waals surface area contributed by atoms with Crippen molar-refractivity contribution in [1.29, 1.82) is 5.26 Å². The van der Waals surface area contributed by atoms with Gasteiger partial charge in [0.25, 0.3) is 5.95 Å². The summed E-state index contributed by atoms with van der Waals surface area (Å²) in [5.74, 6) is 1.01. The molecule has 0 aliphatic carbocycles. The van der Waals surface area contributed by atoms with Crippen molar-refractivity contribution >= 4 is 34.1 Å². The lowest BCUT2D eigenvalue weighted by atomic mass is 10.1. The molecule has 1 N–H and O–H groups in total. The third kappa shape index (κ3) is 5.47. The number of nitriles is 1. The molecule has 3 aromatic heterocycles. The molecular formula is C23H22N8OS2. The topological polar surface area (TPSA) is 122 Å². The molecule has 0 atom stereocenters. The van der Waals surface area contributed by atoms with Gasteiger partial charge in [0.2, 0.25) is 11.0 Å². The fraction of sp³-hybridized carbons (Fsp3) is 0.261. The first-order valence-electron chi connectivity index (χ1n) is 10.5. The standard InChI is InChI=1S/C23H22N8OS2/c1-13-9-14(2)26-21(25-13)31-16(4)19(15(3)30-31)10-20(32)27-22-28-29-23(34-22)33-12-18-7-5-17(11-24)6-8-18/h5-9H,10,12H2,1-4H3,(H,27,28,32). The number of hydrogen-bond acceptors (Lipinski definition) is 9. The van der Waals surface area contributed by atoms with Crippen LogP contribution in [0.25, 0.3) is 5.95 Å². The molecule has 0 aliphatic heterocycles. The predicted molar refractivity (Wildman–Crippen MR) is 131 cm³/mol. The van der Waals surface area contributed by atoms with Gasteiger partial charge in [-0.2, -0.15) is 10.4 Å². The van der Waals surface area contributed by atoms with E-state index in [4.69, 9.17) is 5.26 Å². The van der Waals surface area contributed by atoms with E-state index in [9.17, 15) is 4.79 Å². The van der Waals surface area contributed by atoms with E-state index < -0.39 is 0 Å². The molecule has 0 bridgehead atoms. The second-order valence-electron chi connectivity index (χ2n) is 7.71.